The van der Waals surface area contributed by atoms with Crippen molar-refractivity contribution in [3.05, 3.63) is 52.6 Å². The van der Waals surface area contributed by atoms with E-state index in [2.05, 4.69) is 16.0 Å². The Labute approximate surface area is 165 Å². The largest absolute Gasteiger partial charge is 0.348 e. The molecule has 1 saturated heterocycles. The van der Waals surface area contributed by atoms with Gasteiger partial charge in [-0.3, -0.25) is 9.59 Å². The predicted molar refractivity (Wildman–Crippen MR) is 107 cm³/mol. The van der Waals surface area contributed by atoms with E-state index in [9.17, 15) is 9.59 Å². The number of amides is 2. The predicted octanol–water partition coefficient (Wildman–Crippen LogP) is 2.95. The molecule has 2 amide bonds. The van der Waals surface area contributed by atoms with Crippen molar-refractivity contribution in [3.63, 3.8) is 0 Å². The van der Waals surface area contributed by atoms with E-state index in [1.807, 2.05) is 42.7 Å². The Morgan fingerprint density at radius 2 is 1.79 bits per heavy atom. The second kappa shape index (κ2) is 7.08. The highest BCUT2D eigenvalue weighted by atomic mass is 16.2. The molecule has 0 unspecified atom stereocenters. The first-order chi connectivity index (χ1) is 13.4. The maximum absolute atomic E-state index is 13.1. The molecule has 1 fully saturated rings. The first kappa shape index (κ1) is 18.7. The Morgan fingerprint density at radius 1 is 1.11 bits per heavy atom. The number of nitrogens with one attached hydrogen (secondary N) is 1. The minimum absolute atomic E-state index is 0.0769. The number of likely N-dealkylation sites (tertiary alicyclic amines) is 1. The monoisotopic (exact) mass is 380 g/mol. The van der Waals surface area contributed by atoms with Crippen molar-refractivity contribution in [2.75, 3.05) is 19.6 Å². The third-order valence-electron chi connectivity index (χ3n) is 6.21. The van der Waals surface area contributed by atoms with E-state index in [0.717, 1.165) is 47.3 Å². The summed E-state index contributed by atoms with van der Waals surface area (Å²) in [5.41, 5.74) is 4.70. The number of aryl methyl sites for hydroxylation is 2. The molecule has 0 aliphatic carbocycles. The van der Waals surface area contributed by atoms with Crippen LogP contribution in [0.15, 0.2) is 24.5 Å². The maximum atomic E-state index is 13.1. The molecular formula is C22H28N4O2. The van der Waals surface area contributed by atoms with Gasteiger partial charge in [0.2, 0.25) is 5.91 Å². The molecule has 2 aliphatic rings. The fraction of sp³-hybridized carbons (Fsp3) is 0.500. The molecule has 0 bridgehead atoms. The highest BCUT2D eigenvalue weighted by Crippen LogP contribution is 2.42. The Hall–Kier alpha value is -2.63. The number of H-pyrrole nitrogens is 1. The molecule has 2 aromatic rings. The van der Waals surface area contributed by atoms with Crippen LogP contribution in [0.2, 0.25) is 0 Å². The Kier molecular flexibility index (Phi) is 4.73. The summed E-state index contributed by atoms with van der Waals surface area (Å²) in [6, 6.07) is 6.00. The number of nitrogens with zero attached hydrogens (tertiary/aromatic N) is 3. The molecule has 4 rings (SSSR count). The van der Waals surface area contributed by atoms with E-state index in [-0.39, 0.29) is 17.4 Å². The lowest BCUT2D eigenvalue weighted by atomic mass is 9.78. The summed E-state index contributed by atoms with van der Waals surface area (Å²) in [5.74, 6) is 0.246. The van der Waals surface area contributed by atoms with Crippen molar-refractivity contribution in [2.45, 2.75) is 52.0 Å². The van der Waals surface area contributed by atoms with Gasteiger partial charge in [-0.25, -0.2) is 4.98 Å². The Bertz CT molecular complexity index is 889. The van der Waals surface area contributed by atoms with Crippen molar-refractivity contribution >= 4 is 11.8 Å². The number of benzene rings is 1. The fourth-order valence-electron chi connectivity index (χ4n) is 4.90. The van der Waals surface area contributed by atoms with Crippen LogP contribution in [-0.2, 0) is 16.8 Å². The number of hydrogen-bond donors (Lipinski definition) is 1. The Balaban J connectivity index is 1.59. The van der Waals surface area contributed by atoms with E-state index < -0.39 is 0 Å². The number of carbonyl (C=O) groups excluding carboxylic acids is 2. The zero-order valence-corrected chi connectivity index (χ0v) is 16.9. The van der Waals surface area contributed by atoms with Gasteiger partial charge in [0.25, 0.3) is 5.91 Å². The van der Waals surface area contributed by atoms with Gasteiger partial charge < -0.3 is 14.8 Å². The van der Waals surface area contributed by atoms with Crippen LogP contribution in [0.1, 0.15) is 59.1 Å². The minimum atomic E-state index is -0.389. The summed E-state index contributed by atoms with van der Waals surface area (Å²) in [4.78, 5) is 37.6. The van der Waals surface area contributed by atoms with E-state index >= 15 is 0 Å². The number of aromatic nitrogens is 2. The van der Waals surface area contributed by atoms with E-state index in [4.69, 9.17) is 0 Å². The summed E-state index contributed by atoms with van der Waals surface area (Å²) in [7, 11) is 0. The number of aromatic amines is 1. The first-order valence-corrected chi connectivity index (χ1v) is 10.2. The number of imidazole rings is 1. The van der Waals surface area contributed by atoms with Gasteiger partial charge in [0.15, 0.2) is 0 Å². The molecule has 6 nitrogen and oxygen atoms in total. The van der Waals surface area contributed by atoms with Crippen molar-refractivity contribution in [1.29, 1.82) is 0 Å². The van der Waals surface area contributed by atoms with Gasteiger partial charge >= 0.3 is 0 Å². The maximum Gasteiger partial charge on any atom is 0.253 e. The molecule has 1 aromatic heterocycles. The Morgan fingerprint density at radius 3 is 2.43 bits per heavy atom. The average molecular weight is 380 g/mol. The molecule has 3 heterocycles. The number of carbonyl (C=O) groups is 2. The molecule has 6 heteroatoms. The highest BCUT2D eigenvalue weighted by molar-refractivity contribution is 5.94. The second-order valence-electron chi connectivity index (χ2n) is 8.08. The highest BCUT2D eigenvalue weighted by Gasteiger charge is 2.48. The second-order valence-corrected chi connectivity index (χ2v) is 8.08. The van der Waals surface area contributed by atoms with Crippen molar-refractivity contribution in [1.82, 2.24) is 19.8 Å². The van der Waals surface area contributed by atoms with Crippen LogP contribution in [0.25, 0.3) is 0 Å². The summed E-state index contributed by atoms with van der Waals surface area (Å²) in [5, 5.41) is 0. The van der Waals surface area contributed by atoms with Crippen LogP contribution in [0.5, 0.6) is 0 Å². The molecule has 1 spiro atoms. The van der Waals surface area contributed by atoms with Crippen LogP contribution in [-0.4, -0.2) is 51.2 Å². The van der Waals surface area contributed by atoms with Crippen LogP contribution in [0.4, 0.5) is 0 Å². The summed E-state index contributed by atoms with van der Waals surface area (Å²) in [6.07, 6.45) is 4.50. The summed E-state index contributed by atoms with van der Waals surface area (Å²) < 4.78 is 0. The molecule has 0 atom stereocenters. The lowest BCUT2D eigenvalue weighted by Gasteiger charge is -2.50. The lowest BCUT2D eigenvalue weighted by molar-refractivity contribution is -0.141. The normalized spacial score (nSPS) is 18.2. The summed E-state index contributed by atoms with van der Waals surface area (Å²) in [6.45, 7) is 7.92. The topological polar surface area (TPSA) is 69.3 Å². The van der Waals surface area contributed by atoms with Gasteiger partial charge in [-0.2, -0.15) is 0 Å². The summed E-state index contributed by atoms with van der Waals surface area (Å²) >= 11 is 0. The van der Waals surface area contributed by atoms with Crippen LogP contribution in [0, 0.1) is 13.8 Å². The molecule has 148 valence electrons. The fourth-order valence-corrected chi connectivity index (χ4v) is 4.90. The van der Waals surface area contributed by atoms with Crippen LogP contribution in [0.3, 0.4) is 0 Å². The standard InChI is InChI=1S/C22H28N4O2/c1-4-19(27)26-8-5-18-20(24-14-23-18)22(26)6-9-25(10-7-22)21(28)17-12-15(2)11-16(3)13-17/h11-14H,4-10H2,1-3H3,(H,23,24). The molecule has 1 aromatic carbocycles. The zero-order chi connectivity index (χ0) is 19.9. The minimum Gasteiger partial charge on any atom is -0.348 e. The van der Waals surface area contributed by atoms with Gasteiger partial charge in [0, 0.05) is 43.7 Å². The average Bonchev–Trinajstić information content (AvgIpc) is 3.17. The van der Waals surface area contributed by atoms with Crippen molar-refractivity contribution in [3.8, 4) is 0 Å². The van der Waals surface area contributed by atoms with Crippen LogP contribution >= 0.6 is 0 Å². The first-order valence-electron chi connectivity index (χ1n) is 10.2. The molecule has 28 heavy (non-hydrogen) atoms. The number of rotatable bonds is 2. The van der Waals surface area contributed by atoms with Crippen LogP contribution < -0.4 is 0 Å². The number of fused-ring (bicyclic) bond motifs is 2. The smallest absolute Gasteiger partial charge is 0.253 e. The van der Waals surface area contributed by atoms with Gasteiger partial charge in [0.1, 0.15) is 0 Å². The van der Waals surface area contributed by atoms with Gasteiger partial charge in [-0.15, -0.1) is 0 Å². The lowest BCUT2D eigenvalue weighted by Crippen LogP contribution is -2.58. The van der Waals surface area contributed by atoms with Gasteiger partial charge in [-0.05, 0) is 38.8 Å². The zero-order valence-electron chi connectivity index (χ0n) is 16.9. The van der Waals surface area contributed by atoms with Gasteiger partial charge in [-0.1, -0.05) is 24.1 Å². The SMILES string of the molecule is CCC(=O)N1CCc2[nH]cnc2C12CCN(C(=O)c1cc(C)cc(C)c1)CC2. The third-order valence-corrected chi connectivity index (χ3v) is 6.21. The quantitative estimate of drug-likeness (QED) is 0.871. The third kappa shape index (κ3) is 3.01. The van der Waals surface area contributed by atoms with E-state index in [1.165, 1.54) is 0 Å². The van der Waals surface area contributed by atoms with Crippen molar-refractivity contribution in [2.24, 2.45) is 0 Å². The molecular weight excluding hydrogens is 352 g/mol. The molecule has 2 aliphatic heterocycles. The molecule has 1 N–H and O–H groups in total. The number of hydrogen-bond acceptors (Lipinski definition) is 3. The van der Waals surface area contributed by atoms with E-state index in [0.29, 0.717) is 26.1 Å². The van der Waals surface area contributed by atoms with E-state index in [1.54, 1.807) is 6.33 Å². The molecule has 0 saturated carbocycles. The van der Waals surface area contributed by atoms with Crippen molar-refractivity contribution < 1.29 is 9.59 Å². The van der Waals surface area contributed by atoms with Gasteiger partial charge in [0.05, 0.1) is 17.6 Å². The number of piperidine rings is 1. The molecule has 0 radical (unpaired) electrons.